The van der Waals surface area contributed by atoms with Gasteiger partial charge in [0.2, 0.25) is 11.8 Å². The fourth-order valence-electron chi connectivity index (χ4n) is 2.47. The summed E-state index contributed by atoms with van der Waals surface area (Å²) in [7, 11) is 0. The molecule has 7 heteroatoms. The third kappa shape index (κ3) is 3.90. The standard InChI is InChI=1S/C14H17N3O2S.ClH/c18-13-8-20-12-5-4-9(7-11(12)17-13)16-14(19)10-3-1-2-6-15-10;/h4-5,7,10,15H,1-3,6,8H2,(H,16,19)(H,17,18);1H/t10-;/m0./s1. The van der Waals surface area contributed by atoms with Crippen molar-refractivity contribution < 1.29 is 9.59 Å². The van der Waals surface area contributed by atoms with Crippen LogP contribution >= 0.6 is 24.2 Å². The summed E-state index contributed by atoms with van der Waals surface area (Å²) in [5.41, 5.74) is 1.50. The van der Waals surface area contributed by atoms with E-state index in [0.717, 1.165) is 42.1 Å². The highest BCUT2D eigenvalue weighted by molar-refractivity contribution is 8.00. The van der Waals surface area contributed by atoms with Gasteiger partial charge < -0.3 is 16.0 Å². The Morgan fingerprint density at radius 3 is 2.95 bits per heavy atom. The minimum atomic E-state index is -0.108. The number of amides is 2. The van der Waals surface area contributed by atoms with Crippen LogP contribution in [-0.2, 0) is 9.59 Å². The number of nitrogens with one attached hydrogen (secondary N) is 3. The molecule has 21 heavy (non-hydrogen) atoms. The van der Waals surface area contributed by atoms with Crippen LogP contribution in [0.2, 0.25) is 0 Å². The van der Waals surface area contributed by atoms with E-state index in [9.17, 15) is 9.59 Å². The van der Waals surface area contributed by atoms with Crippen LogP contribution in [0, 0.1) is 0 Å². The molecule has 2 aliphatic heterocycles. The zero-order valence-corrected chi connectivity index (χ0v) is 13.1. The fourth-order valence-corrected chi connectivity index (χ4v) is 3.25. The number of thioether (sulfide) groups is 1. The molecule has 0 bridgehead atoms. The highest BCUT2D eigenvalue weighted by Crippen LogP contribution is 2.33. The average Bonchev–Trinajstić information content (AvgIpc) is 2.47. The first-order chi connectivity index (χ1) is 9.72. The zero-order chi connectivity index (χ0) is 13.9. The Kier molecular flexibility index (Phi) is 5.50. The van der Waals surface area contributed by atoms with E-state index in [0.29, 0.717) is 5.75 Å². The van der Waals surface area contributed by atoms with Gasteiger partial charge in [0.05, 0.1) is 17.5 Å². The van der Waals surface area contributed by atoms with Crippen LogP contribution in [0.4, 0.5) is 11.4 Å². The van der Waals surface area contributed by atoms with Crippen LogP contribution in [0.25, 0.3) is 0 Å². The van der Waals surface area contributed by atoms with Gasteiger partial charge in [-0.15, -0.1) is 24.2 Å². The minimum Gasteiger partial charge on any atom is -0.325 e. The second-order valence-corrected chi connectivity index (χ2v) is 6.06. The molecule has 0 spiro atoms. The normalized spacial score (nSPS) is 20.8. The van der Waals surface area contributed by atoms with Crippen molar-refractivity contribution in [2.75, 3.05) is 22.9 Å². The lowest BCUT2D eigenvalue weighted by Gasteiger charge is -2.23. The lowest BCUT2D eigenvalue weighted by molar-refractivity contribution is -0.118. The zero-order valence-electron chi connectivity index (χ0n) is 11.5. The van der Waals surface area contributed by atoms with Crippen LogP contribution in [-0.4, -0.2) is 30.2 Å². The number of benzene rings is 1. The van der Waals surface area contributed by atoms with Crippen LogP contribution in [0.15, 0.2) is 23.1 Å². The summed E-state index contributed by atoms with van der Waals surface area (Å²) >= 11 is 1.52. The second kappa shape index (κ2) is 7.15. The molecule has 1 saturated heterocycles. The van der Waals surface area contributed by atoms with Crippen molar-refractivity contribution >= 4 is 47.4 Å². The number of piperidine rings is 1. The van der Waals surface area contributed by atoms with Crippen molar-refractivity contribution in [3.8, 4) is 0 Å². The van der Waals surface area contributed by atoms with Gasteiger partial charge in [-0.25, -0.2) is 0 Å². The smallest absolute Gasteiger partial charge is 0.241 e. The van der Waals surface area contributed by atoms with Crippen molar-refractivity contribution in [1.82, 2.24) is 5.32 Å². The maximum absolute atomic E-state index is 12.1. The predicted molar refractivity (Wildman–Crippen MR) is 87.3 cm³/mol. The number of anilines is 2. The molecule has 2 heterocycles. The Morgan fingerprint density at radius 2 is 2.19 bits per heavy atom. The molecular formula is C14H18ClN3O2S. The summed E-state index contributed by atoms with van der Waals surface area (Å²) in [4.78, 5) is 24.6. The highest BCUT2D eigenvalue weighted by Gasteiger charge is 2.21. The van der Waals surface area contributed by atoms with Crippen LogP contribution in [0.1, 0.15) is 19.3 Å². The van der Waals surface area contributed by atoms with E-state index in [2.05, 4.69) is 16.0 Å². The summed E-state index contributed by atoms with van der Waals surface area (Å²) in [5, 5.41) is 8.96. The summed E-state index contributed by atoms with van der Waals surface area (Å²) < 4.78 is 0. The third-order valence-corrected chi connectivity index (χ3v) is 4.58. The Balaban J connectivity index is 0.00000161. The number of carbonyl (C=O) groups is 2. The van der Waals surface area contributed by atoms with Gasteiger partial charge in [0, 0.05) is 10.6 Å². The van der Waals surface area contributed by atoms with Gasteiger partial charge in [0.15, 0.2) is 0 Å². The topological polar surface area (TPSA) is 70.2 Å². The van der Waals surface area contributed by atoms with Crippen molar-refractivity contribution in [1.29, 1.82) is 0 Å². The second-order valence-electron chi connectivity index (χ2n) is 5.04. The first-order valence-electron chi connectivity index (χ1n) is 6.83. The number of hydrogen-bond donors (Lipinski definition) is 3. The Labute approximate surface area is 134 Å². The summed E-state index contributed by atoms with van der Waals surface area (Å²) in [6.07, 6.45) is 3.09. The SMILES string of the molecule is Cl.O=C1CSc2ccc(NC(=O)[C@@H]3CCCCN3)cc2N1. The van der Waals surface area contributed by atoms with Crippen LogP contribution in [0.3, 0.4) is 0 Å². The number of carbonyl (C=O) groups excluding carboxylic acids is 2. The largest absolute Gasteiger partial charge is 0.325 e. The Bertz CT molecular complexity index is 547. The molecule has 1 aromatic rings. The quantitative estimate of drug-likeness (QED) is 0.779. The first kappa shape index (κ1) is 16.1. The van der Waals surface area contributed by atoms with Crippen molar-refractivity contribution in [3.63, 3.8) is 0 Å². The van der Waals surface area contributed by atoms with E-state index >= 15 is 0 Å². The maximum Gasteiger partial charge on any atom is 0.241 e. The molecule has 0 aliphatic carbocycles. The molecule has 114 valence electrons. The molecule has 1 fully saturated rings. The lowest BCUT2D eigenvalue weighted by atomic mass is 10.0. The van der Waals surface area contributed by atoms with Gasteiger partial charge in [-0.1, -0.05) is 6.42 Å². The van der Waals surface area contributed by atoms with Gasteiger partial charge in [0.1, 0.15) is 0 Å². The molecule has 2 amide bonds. The van der Waals surface area contributed by atoms with Crippen molar-refractivity contribution in [2.24, 2.45) is 0 Å². The third-order valence-electron chi connectivity index (χ3n) is 3.51. The molecule has 2 aliphatic rings. The van der Waals surface area contributed by atoms with Gasteiger partial charge in [-0.05, 0) is 37.6 Å². The summed E-state index contributed by atoms with van der Waals surface area (Å²) in [5.74, 6) is 0.449. The van der Waals surface area contributed by atoms with Gasteiger partial charge >= 0.3 is 0 Å². The Hall–Kier alpha value is -1.24. The van der Waals surface area contributed by atoms with E-state index in [1.165, 1.54) is 11.8 Å². The highest BCUT2D eigenvalue weighted by atomic mass is 35.5. The molecule has 0 unspecified atom stereocenters. The summed E-state index contributed by atoms with van der Waals surface area (Å²) in [6.45, 7) is 0.898. The lowest BCUT2D eigenvalue weighted by Crippen LogP contribution is -2.43. The van der Waals surface area contributed by atoms with Gasteiger partial charge in [0.25, 0.3) is 0 Å². The van der Waals surface area contributed by atoms with Crippen LogP contribution in [0.5, 0.6) is 0 Å². The summed E-state index contributed by atoms with van der Waals surface area (Å²) in [6, 6.07) is 5.52. The molecule has 1 atom stereocenters. The van der Waals surface area contributed by atoms with Crippen molar-refractivity contribution in [3.05, 3.63) is 18.2 Å². The van der Waals surface area contributed by atoms with E-state index < -0.39 is 0 Å². The fraction of sp³-hybridized carbons (Fsp3) is 0.429. The van der Waals surface area contributed by atoms with E-state index in [1.54, 1.807) is 0 Å². The van der Waals surface area contributed by atoms with Gasteiger partial charge in [-0.2, -0.15) is 0 Å². The number of hydrogen-bond acceptors (Lipinski definition) is 4. The van der Waals surface area contributed by atoms with E-state index in [4.69, 9.17) is 0 Å². The molecule has 1 aromatic carbocycles. The average molecular weight is 328 g/mol. The number of rotatable bonds is 2. The van der Waals surface area contributed by atoms with Crippen LogP contribution < -0.4 is 16.0 Å². The van der Waals surface area contributed by atoms with Crippen molar-refractivity contribution in [2.45, 2.75) is 30.2 Å². The maximum atomic E-state index is 12.1. The molecule has 0 radical (unpaired) electrons. The number of halogens is 1. The first-order valence-corrected chi connectivity index (χ1v) is 7.82. The molecular weight excluding hydrogens is 310 g/mol. The molecule has 5 nitrogen and oxygen atoms in total. The van der Waals surface area contributed by atoms with E-state index in [-0.39, 0.29) is 30.3 Å². The molecule has 3 rings (SSSR count). The van der Waals surface area contributed by atoms with E-state index in [1.807, 2.05) is 18.2 Å². The number of fused-ring (bicyclic) bond motifs is 1. The van der Waals surface area contributed by atoms with Gasteiger partial charge in [-0.3, -0.25) is 9.59 Å². The Morgan fingerprint density at radius 1 is 1.33 bits per heavy atom. The predicted octanol–water partition coefficient (Wildman–Crippen LogP) is 2.23. The monoisotopic (exact) mass is 327 g/mol. The minimum absolute atomic E-state index is 0. The molecule has 0 aromatic heterocycles. The molecule has 0 saturated carbocycles. The molecule has 3 N–H and O–H groups in total.